The first-order chi connectivity index (χ1) is 5.59. The molecule has 0 bridgehead atoms. The van der Waals surface area contributed by atoms with Crippen molar-refractivity contribution in [3.8, 4) is 0 Å². The van der Waals surface area contributed by atoms with Crippen LogP contribution in [0.5, 0.6) is 0 Å². The lowest BCUT2D eigenvalue weighted by molar-refractivity contribution is 0.0547. The van der Waals surface area contributed by atoms with Gasteiger partial charge in [0.15, 0.2) is 0 Å². The minimum absolute atomic E-state index is 0.0382. The van der Waals surface area contributed by atoms with Gasteiger partial charge in [0.2, 0.25) is 0 Å². The van der Waals surface area contributed by atoms with Gasteiger partial charge in [0.1, 0.15) is 0 Å². The van der Waals surface area contributed by atoms with Gasteiger partial charge >= 0.3 is 6.03 Å². The predicted octanol–water partition coefficient (Wildman–Crippen LogP) is 0.217. The normalized spacial score (nSPS) is 28.0. The molecule has 12 heavy (non-hydrogen) atoms. The van der Waals surface area contributed by atoms with Crippen LogP contribution in [0.25, 0.3) is 0 Å². The fourth-order valence-electron chi connectivity index (χ4n) is 1.12. The highest BCUT2D eigenvalue weighted by Gasteiger charge is 2.29. The molecule has 4 nitrogen and oxygen atoms in total. The fraction of sp³-hybridized carbons (Fsp3) is 0.875. The first kappa shape index (κ1) is 9.32. The van der Waals surface area contributed by atoms with Gasteiger partial charge in [-0.2, -0.15) is 0 Å². The summed E-state index contributed by atoms with van der Waals surface area (Å²) in [4.78, 5) is 11.1. The van der Waals surface area contributed by atoms with Gasteiger partial charge in [-0.3, -0.25) is 0 Å². The summed E-state index contributed by atoms with van der Waals surface area (Å²) in [6.07, 6.45) is 1.34. The zero-order valence-corrected chi connectivity index (χ0v) is 7.50. The Balaban J connectivity index is 2.17. The highest BCUT2D eigenvalue weighted by molar-refractivity contribution is 5.74. The van der Waals surface area contributed by atoms with E-state index in [4.69, 9.17) is 5.11 Å². The van der Waals surface area contributed by atoms with Crippen LogP contribution in [0.15, 0.2) is 0 Å². The van der Waals surface area contributed by atoms with Gasteiger partial charge in [0.25, 0.3) is 0 Å². The molecule has 0 aromatic rings. The number of aliphatic hydroxyl groups excluding tert-OH is 1. The molecule has 0 radical (unpaired) electrons. The van der Waals surface area contributed by atoms with E-state index in [0.717, 1.165) is 12.8 Å². The maximum Gasteiger partial charge on any atom is 0.315 e. The van der Waals surface area contributed by atoms with Crippen LogP contribution >= 0.6 is 0 Å². The van der Waals surface area contributed by atoms with Crippen LogP contribution in [0.3, 0.4) is 0 Å². The summed E-state index contributed by atoms with van der Waals surface area (Å²) in [6, 6.07) is -0.0836. The molecule has 0 aromatic carbocycles. The van der Waals surface area contributed by atoms with E-state index in [1.807, 2.05) is 13.8 Å². The molecule has 0 spiro atoms. The van der Waals surface area contributed by atoms with E-state index in [1.54, 1.807) is 0 Å². The van der Waals surface area contributed by atoms with Crippen LogP contribution in [-0.2, 0) is 0 Å². The van der Waals surface area contributed by atoms with Crippen LogP contribution in [0, 0.1) is 0 Å². The molecular formula is C8H16N2O2. The number of hydrogen-bond acceptors (Lipinski definition) is 2. The quantitative estimate of drug-likeness (QED) is 0.558. The SMILES string of the molecule is CC(C)NC(=O)N[C@@H]1CC[C@H]1O. The van der Waals surface area contributed by atoms with E-state index >= 15 is 0 Å². The van der Waals surface area contributed by atoms with Crippen LogP contribution in [-0.4, -0.2) is 29.3 Å². The van der Waals surface area contributed by atoms with E-state index in [0.29, 0.717) is 0 Å². The van der Waals surface area contributed by atoms with Crippen LogP contribution in [0.4, 0.5) is 4.79 Å². The standard InChI is InChI=1S/C8H16N2O2/c1-5(2)9-8(12)10-6-3-4-7(6)11/h5-7,11H,3-4H2,1-2H3,(H2,9,10,12)/t6-,7-/m1/s1. The third-order valence-electron chi connectivity index (χ3n) is 1.97. The Bertz CT molecular complexity index is 170. The molecule has 0 aromatic heterocycles. The van der Waals surface area contributed by atoms with Gasteiger partial charge in [0.05, 0.1) is 12.1 Å². The lowest BCUT2D eigenvalue weighted by Gasteiger charge is -2.33. The van der Waals surface area contributed by atoms with Gasteiger partial charge < -0.3 is 15.7 Å². The summed E-state index contributed by atoms with van der Waals surface area (Å²) >= 11 is 0. The first-order valence-electron chi connectivity index (χ1n) is 4.34. The van der Waals surface area contributed by atoms with Crippen LogP contribution in [0.2, 0.25) is 0 Å². The van der Waals surface area contributed by atoms with Gasteiger partial charge in [0, 0.05) is 6.04 Å². The second-order valence-electron chi connectivity index (χ2n) is 3.52. The van der Waals surface area contributed by atoms with E-state index in [9.17, 15) is 4.79 Å². The van der Waals surface area contributed by atoms with Gasteiger partial charge in [-0.25, -0.2) is 4.79 Å². The highest BCUT2D eigenvalue weighted by Crippen LogP contribution is 2.18. The molecular weight excluding hydrogens is 156 g/mol. The zero-order chi connectivity index (χ0) is 9.14. The lowest BCUT2D eigenvalue weighted by Crippen LogP contribution is -2.54. The van der Waals surface area contributed by atoms with Crippen LogP contribution in [0.1, 0.15) is 26.7 Å². The topological polar surface area (TPSA) is 61.4 Å². The minimum Gasteiger partial charge on any atom is -0.391 e. The molecule has 0 unspecified atom stereocenters. The molecule has 3 N–H and O–H groups in total. The Hall–Kier alpha value is -0.770. The number of nitrogens with one attached hydrogen (secondary N) is 2. The summed E-state index contributed by atoms with van der Waals surface area (Å²) in [5.41, 5.74) is 0. The molecule has 70 valence electrons. The molecule has 4 heteroatoms. The molecule has 1 aliphatic carbocycles. The maximum absolute atomic E-state index is 11.1. The monoisotopic (exact) mass is 172 g/mol. The molecule has 1 aliphatic rings. The van der Waals surface area contributed by atoms with Crippen molar-refractivity contribution >= 4 is 6.03 Å². The fourth-order valence-corrected chi connectivity index (χ4v) is 1.12. The molecule has 0 aliphatic heterocycles. The molecule has 2 amide bonds. The second-order valence-corrected chi connectivity index (χ2v) is 3.52. The number of hydrogen-bond donors (Lipinski definition) is 3. The number of urea groups is 1. The number of carbonyl (C=O) groups is 1. The maximum atomic E-state index is 11.1. The number of amides is 2. The van der Waals surface area contributed by atoms with Crippen molar-refractivity contribution in [3.63, 3.8) is 0 Å². The van der Waals surface area contributed by atoms with Crippen molar-refractivity contribution in [1.29, 1.82) is 0 Å². The van der Waals surface area contributed by atoms with E-state index < -0.39 is 0 Å². The largest absolute Gasteiger partial charge is 0.391 e. The van der Waals surface area contributed by atoms with E-state index in [1.165, 1.54) is 0 Å². The first-order valence-corrected chi connectivity index (χ1v) is 4.34. The molecule has 0 saturated heterocycles. The Labute approximate surface area is 72.3 Å². The van der Waals surface area contributed by atoms with E-state index in [-0.39, 0.29) is 24.2 Å². The van der Waals surface area contributed by atoms with Gasteiger partial charge in [-0.05, 0) is 26.7 Å². The van der Waals surface area contributed by atoms with Crippen molar-refractivity contribution < 1.29 is 9.90 Å². The average molecular weight is 172 g/mol. The molecule has 1 fully saturated rings. The third kappa shape index (κ3) is 2.37. The molecule has 1 saturated carbocycles. The average Bonchev–Trinajstić information content (AvgIpc) is 1.96. The zero-order valence-electron chi connectivity index (χ0n) is 7.50. The van der Waals surface area contributed by atoms with Crippen molar-refractivity contribution in [3.05, 3.63) is 0 Å². The Morgan fingerprint density at radius 2 is 2.17 bits per heavy atom. The van der Waals surface area contributed by atoms with Gasteiger partial charge in [-0.1, -0.05) is 0 Å². The molecule has 0 heterocycles. The summed E-state index contributed by atoms with van der Waals surface area (Å²) in [7, 11) is 0. The number of rotatable bonds is 2. The van der Waals surface area contributed by atoms with E-state index in [2.05, 4.69) is 10.6 Å². The highest BCUT2D eigenvalue weighted by atomic mass is 16.3. The van der Waals surface area contributed by atoms with Crippen molar-refractivity contribution in [2.24, 2.45) is 0 Å². The van der Waals surface area contributed by atoms with Crippen molar-refractivity contribution in [2.45, 2.75) is 44.9 Å². The third-order valence-corrected chi connectivity index (χ3v) is 1.97. The van der Waals surface area contributed by atoms with Crippen LogP contribution < -0.4 is 10.6 Å². The Kier molecular flexibility index (Phi) is 2.92. The predicted molar refractivity (Wildman–Crippen MR) is 45.8 cm³/mol. The Morgan fingerprint density at radius 3 is 2.50 bits per heavy atom. The number of carbonyl (C=O) groups excluding carboxylic acids is 1. The number of aliphatic hydroxyl groups is 1. The lowest BCUT2D eigenvalue weighted by atomic mass is 9.89. The summed E-state index contributed by atoms with van der Waals surface area (Å²) in [6.45, 7) is 3.80. The smallest absolute Gasteiger partial charge is 0.315 e. The summed E-state index contributed by atoms with van der Waals surface area (Å²) in [5.74, 6) is 0. The Morgan fingerprint density at radius 1 is 1.50 bits per heavy atom. The summed E-state index contributed by atoms with van der Waals surface area (Å²) < 4.78 is 0. The molecule has 2 atom stereocenters. The van der Waals surface area contributed by atoms with Crippen molar-refractivity contribution in [2.75, 3.05) is 0 Å². The van der Waals surface area contributed by atoms with Gasteiger partial charge in [-0.15, -0.1) is 0 Å². The molecule has 1 rings (SSSR count). The van der Waals surface area contributed by atoms with Crippen molar-refractivity contribution in [1.82, 2.24) is 10.6 Å². The summed E-state index contributed by atoms with van der Waals surface area (Å²) in [5, 5.41) is 14.5. The second kappa shape index (κ2) is 3.76. The minimum atomic E-state index is -0.345.